The molecule has 0 saturated heterocycles. The minimum absolute atomic E-state index is 0. The van der Waals surface area contributed by atoms with Crippen molar-refractivity contribution < 1.29 is 10.2 Å². The van der Waals surface area contributed by atoms with Gasteiger partial charge in [0.05, 0.1) is 0 Å². The van der Waals surface area contributed by atoms with Crippen molar-refractivity contribution in [3.8, 4) is 11.5 Å². The van der Waals surface area contributed by atoms with Crippen molar-refractivity contribution in [3.63, 3.8) is 0 Å². The van der Waals surface area contributed by atoms with Crippen molar-refractivity contribution in [2.75, 3.05) is 11.5 Å². The molecule has 0 heterocycles. The molecular formula is C28H37N3O2. The van der Waals surface area contributed by atoms with E-state index >= 15 is 0 Å². The summed E-state index contributed by atoms with van der Waals surface area (Å²) >= 11 is 0. The zero-order valence-corrected chi connectivity index (χ0v) is 18.8. The highest BCUT2D eigenvalue weighted by Crippen LogP contribution is 2.29. The number of allylic oxidation sites excluding steroid dienone is 2. The Morgan fingerprint density at radius 3 is 1.27 bits per heavy atom. The second-order valence-electron chi connectivity index (χ2n) is 6.98. The van der Waals surface area contributed by atoms with Crippen LogP contribution >= 0.6 is 0 Å². The van der Waals surface area contributed by atoms with Gasteiger partial charge < -0.3 is 27.4 Å². The number of nitrogen functional groups attached to an aromatic ring is 2. The van der Waals surface area contributed by atoms with Crippen molar-refractivity contribution in [2.24, 2.45) is 5.73 Å². The van der Waals surface area contributed by atoms with E-state index in [1.807, 2.05) is 54.6 Å². The largest absolute Gasteiger partial charge is 0.507 e. The number of phenols is 2. The van der Waals surface area contributed by atoms with E-state index in [2.05, 4.69) is 20.1 Å². The number of rotatable bonds is 1. The van der Waals surface area contributed by atoms with Crippen LogP contribution in [0, 0.1) is 0 Å². The average Bonchev–Trinajstić information content (AvgIpc) is 2.79. The average molecular weight is 448 g/mol. The number of hydrogen-bond donors (Lipinski definition) is 5. The molecule has 0 amide bonds. The molecule has 4 aromatic rings. The van der Waals surface area contributed by atoms with Gasteiger partial charge >= 0.3 is 0 Å². The van der Waals surface area contributed by atoms with Crippen LogP contribution in [0.3, 0.4) is 0 Å². The van der Waals surface area contributed by atoms with E-state index in [0.717, 1.165) is 28.0 Å². The lowest BCUT2D eigenvalue weighted by atomic mass is 10.1. The molecule has 5 heteroatoms. The van der Waals surface area contributed by atoms with Gasteiger partial charge in [-0.2, -0.15) is 0 Å². The van der Waals surface area contributed by atoms with Crippen molar-refractivity contribution in [2.45, 2.75) is 27.7 Å². The minimum Gasteiger partial charge on any atom is -0.507 e. The molecule has 0 aliphatic rings. The van der Waals surface area contributed by atoms with E-state index in [4.69, 9.17) is 17.2 Å². The van der Waals surface area contributed by atoms with E-state index in [1.54, 1.807) is 31.2 Å². The maximum Gasteiger partial charge on any atom is 0.123 e. The van der Waals surface area contributed by atoms with Crippen molar-refractivity contribution in [1.82, 2.24) is 0 Å². The van der Waals surface area contributed by atoms with Crippen molar-refractivity contribution in [1.29, 1.82) is 0 Å². The maximum absolute atomic E-state index is 9.44. The van der Waals surface area contributed by atoms with Crippen LogP contribution in [0.1, 0.15) is 27.7 Å². The molecule has 0 bridgehead atoms. The summed E-state index contributed by atoms with van der Waals surface area (Å²) in [4.78, 5) is 0. The van der Waals surface area contributed by atoms with Crippen LogP contribution in [0.4, 0.5) is 11.4 Å². The first-order valence-corrected chi connectivity index (χ1v) is 10.2. The lowest BCUT2D eigenvalue weighted by Crippen LogP contribution is -1.85. The molecule has 33 heavy (non-hydrogen) atoms. The molecule has 0 aliphatic heterocycles. The number of fused-ring (bicyclic) bond motifs is 2. The van der Waals surface area contributed by atoms with Gasteiger partial charge in [0.15, 0.2) is 0 Å². The van der Waals surface area contributed by atoms with Gasteiger partial charge in [0.2, 0.25) is 0 Å². The molecule has 4 aromatic carbocycles. The Balaban J connectivity index is 0.000000462. The summed E-state index contributed by atoms with van der Waals surface area (Å²) in [5.41, 5.74) is 18.4. The number of hydrogen-bond acceptors (Lipinski definition) is 5. The second-order valence-corrected chi connectivity index (χ2v) is 6.98. The fraction of sp³-hybridized carbons (Fsp3) is 0.143. The number of nitrogens with two attached hydrogens (primary N) is 3. The molecule has 0 unspecified atom stereocenters. The van der Waals surface area contributed by atoms with E-state index in [9.17, 15) is 10.2 Å². The summed E-state index contributed by atoms with van der Waals surface area (Å²) < 4.78 is 0. The lowest BCUT2D eigenvalue weighted by molar-refractivity contribution is 0.481. The SMILES string of the molecule is C.C=C(C)N.C=CCC.Nc1ccc(O)c2ccccc12.Nc1ccc(O)c2ccccc12. The number of aromatic hydroxyl groups is 2. The Hall–Kier alpha value is -4.12. The molecule has 0 aromatic heterocycles. The van der Waals surface area contributed by atoms with Gasteiger partial charge in [0.25, 0.3) is 0 Å². The Morgan fingerprint density at radius 2 is 1.03 bits per heavy atom. The van der Waals surface area contributed by atoms with Crippen LogP contribution in [0.15, 0.2) is 97.7 Å². The number of anilines is 2. The minimum atomic E-state index is 0. The summed E-state index contributed by atoms with van der Waals surface area (Å²) in [5.74, 6) is 0.555. The Bertz CT molecular complexity index is 1000. The normalized spacial score (nSPS) is 9.03. The van der Waals surface area contributed by atoms with Crippen LogP contribution in [-0.2, 0) is 0 Å². The van der Waals surface area contributed by atoms with Crippen molar-refractivity contribution in [3.05, 3.63) is 97.7 Å². The highest BCUT2D eigenvalue weighted by Gasteiger charge is 2.01. The van der Waals surface area contributed by atoms with E-state index in [1.165, 1.54) is 0 Å². The Labute approximate surface area is 197 Å². The molecule has 176 valence electrons. The standard InChI is InChI=1S/2C10H9NO.C4H8.C3H7N.CH4/c2*11-9-5-6-10(12)8-4-2-1-3-7(8)9;1-3-4-2;1-3(2)4;/h2*1-6,12H,11H2;3H,1,4H2,2H3;1,4H2,2H3;1H4. The smallest absolute Gasteiger partial charge is 0.123 e. The summed E-state index contributed by atoms with van der Waals surface area (Å²) in [5, 5.41) is 22.3. The molecule has 8 N–H and O–H groups in total. The zero-order chi connectivity index (χ0) is 24.1. The second kappa shape index (κ2) is 14.8. The van der Waals surface area contributed by atoms with Crippen LogP contribution in [-0.4, -0.2) is 10.2 Å². The molecule has 0 aliphatic carbocycles. The predicted molar refractivity (Wildman–Crippen MR) is 146 cm³/mol. The number of phenolic OH excluding ortho intramolecular Hbond substituents is 2. The molecule has 0 fully saturated rings. The summed E-state index contributed by atoms with van der Waals surface area (Å²) in [7, 11) is 0. The number of benzene rings is 4. The molecule has 5 nitrogen and oxygen atoms in total. The predicted octanol–water partition coefficient (Wildman–Crippen LogP) is 6.95. The highest BCUT2D eigenvalue weighted by atomic mass is 16.3. The van der Waals surface area contributed by atoms with Crippen LogP contribution in [0.2, 0.25) is 0 Å². The van der Waals surface area contributed by atoms with E-state index < -0.39 is 0 Å². The fourth-order valence-corrected chi connectivity index (χ4v) is 2.61. The molecule has 0 radical (unpaired) electrons. The lowest BCUT2D eigenvalue weighted by Gasteiger charge is -2.02. The van der Waals surface area contributed by atoms with E-state index in [0.29, 0.717) is 17.1 Å². The molecule has 0 spiro atoms. The summed E-state index contributed by atoms with van der Waals surface area (Å²) in [6.45, 7) is 10.6. The Kier molecular flexibility index (Phi) is 13.0. The van der Waals surface area contributed by atoms with Gasteiger partial charge in [-0.05, 0) is 43.3 Å². The molecule has 0 atom stereocenters. The first-order chi connectivity index (χ1) is 15.2. The molecule has 4 rings (SSSR count). The Morgan fingerprint density at radius 1 is 0.758 bits per heavy atom. The molecule has 0 saturated carbocycles. The van der Waals surface area contributed by atoms with Crippen LogP contribution in [0.25, 0.3) is 21.5 Å². The fourth-order valence-electron chi connectivity index (χ4n) is 2.61. The van der Waals surface area contributed by atoms with Gasteiger partial charge in [0, 0.05) is 32.9 Å². The third-order valence-electron chi connectivity index (χ3n) is 4.16. The van der Waals surface area contributed by atoms with Gasteiger partial charge in [-0.25, -0.2) is 0 Å². The summed E-state index contributed by atoms with van der Waals surface area (Å²) in [6, 6.07) is 21.7. The third kappa shape index (κ3) is 9.27. The highest BCUT2D eigenvalue weighted by molar-refractivity contribution is 5.97. The quantitative estimate of drug-likeness (QED) is 0.123. The van der Waals surface area contributed by atoms with E-state index in [-0.39, 0.29) is 18.9 Å². The van der Waals surface area contributed by atoms with Crippen LogP contribution in [0.5, 0.6) is 11.5 Å². The van der Waals surface area contributed by atoms with Crippen molar-refractivity contribution >= 4 is 32.9 Å². The zero-order valence-electron chi connectivity index (χ0n) is 18.8. The monoisotopic (exact) mass is 447 g/mol. The van der Waals surface area contributed by atoms with Gasteiger partial charge in [0.1, 0.15) is 11.5 Å². The summed E-state index contributed by atoms with van der Waals surface area (Å²) in [6.07, 6.45) is 2.96. The van der Waals surface area contributed by atoms with Crippen LogP contribution < -0.4 is 17.2 Å². The first-order valence-electron chi connectivity index (χ1n) is 10.2. The molecular weight excluding hydrogens is 410 g/mol. The van der Waals surface area contributed by atoms with Gasteiger partial charge in [-0.3, -0.25) is 0 Å². The maximum atomic E-state index is 9.44. The third-order valence-corrected chi connectivity index (χ3v) is 4.16. The first kappa shape index (κ1) is 28.9. The van der Waals surface area contributed by atoms with Gasteiger partial charge in [-0.15, -0.1) is 6.58 Å². The topological polar surface area (TPSA) is 119 Å². The van der Waals surface area contributed by atoms with Gasteiger partial charge in [-0.1, -0.05) is 75.5 Å².